The van der Waals surface area contributed by atoms with Crippen molar-refractivity contribution in [2.45, 2.75) is 69.1 Å². The van der Waals surface area contributed by atoms with Crippen molar-refractivity contribution >= 4 is 11.5 Å². The Kier molecular flexibility index (Phi) is 5.09. The molecule has 0 radical (unpaired) electrons. The van der Waals surface area contributed by atoms with Crippen LogP contribution in [0.15, 0.2) is 42.5 Å². The molecule has 0 aromatic heterocycles. The quantitative estimate of drug-likeness (QED) is 0.624. The normalized spacial score (nSPS) is 31.4. The first-order valence-electron chi connectivity index (χ1n) is 14.0. The van der Waals surface area contributed by atoms with E-state index in [0.717, 1.165) is 48.5 Å². The van der Waals surface area contributed by atoms with Gasteiger partial charge in [0.15, 0.2) is 11.5 Å². The van der Waals surface area contributed by atoms with Gasteiger partial charge in [0.2, 0.25) is 0 Å². The van der Waals surface area contributed by atoms with Gasteiger partial charge >= 0.3 is 0 Å². The van der Waals surface area contributed by atoms with E-state index in [0.29, 0.717) is 30.8 Å². The molecule has 1 saturated carbocycles. The van der Waals surface area contributed by atoms with E-state index in [2.05, 4.69) is 11.0 Å². The number of carbonyl (C=O) groups excluding carboxylic acids is 1. The smallest absolute Gasteiger partial charge is 0.253 e. The molecule has 1 saturated heterocycles. The lowest BCUT2D eigenvalue weighted by molar-refractivity contribution is -0.159. The number of rotatable bonds is 6. The summed E-state index contributed by atoms with van der Waals surface area (Å²) in [6.45, 7) is 7.35. The third-order valence-corrected chi connectivity index (χ3v) is 9.94. The Bertz CT molecular complexity index is 1300. The van der Waals surface area contributed by atoms with Crippen LogP contribution in [0.4, 0.5) is 0 Å². The van der Waals surface area contributed by atoms with Gasteiger partial charge in [0.05, 0.1) is 11.0 Å². The zero-order valence-electron chi connectivity index (χ0n) is 21.7. The number of piperidine rings is 1. The van der Waals surface area contributed by atoms with Crippen LogP contribution < -0.4 is 4.74 Å². The highest BCUT2D eigenvalue weighted by Crippen LogP contribution is 2.66. The minimum absolute atomic E-state index is 0.0411. The Labute approximate surface area is 218 Å². The Balaban J connectivity index is 1.31. The second-order valence-electron chi connectivity index (χ2n) is 11.7. The molecule has 3 aliphatic carbocycles. The van der Waals surface area contributed by atoms with Crippen molar-refractivity contribution in [3.05, 3.63) is 64.7 Å². The molecule has 1 spiro atoms. The molecule has 2 aromatic carbocycles. The van der Waals surface area contributed by atoms with Crippen LogP contribution in [0.1, 0.15) is 66.6 Å². The Hall–Kier alpha value is -2.83. The molecule has 2 fully saturated rings. The summed E-state index contributed by atoms with van der Waals surface area (Å²) in [4.78, 5) is 17.2. The van der Waals surface area contributed by atoms with Crippen molar-refractivity contribution in [2.24, 2.45) is 5.92 Å². The highest BCUT2D eigenvalue weighted by molar-refractivity contribution is 5.94. The first-order chi connectivity index (χ1) is 17.9. The fraction of sp³-hybridized carbons (Fsp3) is 0.516. The molecule has 7 rings (SSSR count). The molecular weight excluding hydrogens is 464 g/mol. The first kappa shape index (κ1) is 23.3. The highest BCUT2D eigenvalue weighted by atomic mass is 16.5. The van der Waals surface area contributed by atoms with E-state index in [1.54, 1.807) is 6.07 Å². The number of aromatic hydroxyl groups is 1. The van der Waals surface area contributed by atoms with E-state index in [9.17, 15) is 15.0 Å². The largest absolute Gasteiger partial charge is 0.504 e. The number of nitrogens with zero attached hydrogens (tertiary/aromatic N) is 2. The Morgan fingerprint density at radius 1 is 1.14 bits per heavy atom. The molecule has 5 aliphatic rings. The molecular formula is C31H36N2O4. The molecule has 2 bridgehead atoms. The van der Waals surface area contributed by atoms with Crippen LogP contribution in [0.2, 0.25) is 0 Å². The Morgan fingerprint density at radius 2 is 1.89 bits per heavy atom. The third kappa shape index (κ3) is 3.09. The number of hydrogen-bond donors (Lipinski definition) is 2. The summed E-state index contributed by atoms with van der Waals surface area (Å²) in [7, 11) is 0. The number of ether oxygens (including phenoxy) is 1. The van der Waals surface area contributed by atoms with Gasteiger partial charge in [0.25, 0.3) is 5.91 Å². The standard InChI is InChI=1S/C31H36N2O4/c1-3-32(4-2)29(35)21-9-7-20(8-10-21)23-13-14-31(36)25-17-22-11-12-24(34)27-26(22)30(31,28(23)37-27)15-16-33(25)18-19-5-6-19/h7-13,19,25,28,34,36H,3-6,14-18H2,1-2H3/t25-,28+,30+,31-/m1/s1. The number of phenolic OH excluding ortho intramolecular Hbond substituents is 1. The van der Waals surface area contributed by atoms with E-state index in [4.69, 9.17) is 4.74 Å². The van der Waals surface area contributed by atoms with Crippen LogP contribution in [0.3, 0.4) is 0 Å². The number of hydrogen-bond acceptors (Lipinski definition) is 5. The second-order valence-corrected chi connectivity index (χ2v) is 11.7. The van der Waals surface area contributed by atoms with Crippen LogP contribution >= 0.6 is 0 Å². The summed E-state index contributed by atoms with van der Waals surface area (Å²) in [5.41, 5.74) is 3.43. The molecule has 194 valence electrons. The molecule has 2 heterocycles. The average Bonchev–Trinajstić information content (AvgIpc) is 3.65. The van der Waals surface area contributed by atoms with Gasteiger partial charge in [-0.3, -0.25) is 9.69 Å². The van der Waals surface area contributed by atoms with Crippen molar-refractivity contribution in [1.29, 1.82) is 0 Å². The summed E-state index contributed by atoms with van der Waals surface area (Å²) >= 11 is 0. The Morgan fingerprint density at radius 3 is 2.59 bits per heavy atom. The van der Waals surface area contributed by atoms with Gasteiger partial charge in [-0.2, -0.15) is 0 Å². The van der Waals surface area contributed by atoms with Crippen LogP contribution in [-0.2, 0) is 11.8 Å². The molecule has 2 aliphatic heterocycles. The zero-order valence-corrected chi connectivity index (χ0v) is 21.7. The highest BCUT2D eigenvalue weighted by Gasteiger charge is 2.71. The van der Waals surface area contributed by atoms with Crippen molar-refractivity contribution in [3.8, 4) is 11.5 Å². The van der Waals surface area contributed by atoms with Crippen molar-refractivity contribution < 1.29 is 19.7 Å². The van der Waals surface area contributed by atoms with Gasteiger partial charge in [0, 0.05) is 36.8 Å². The molecule has 37 heavy (non-hydrogen) atoms. The van der Waals surface area contributed by atoms with Gasteiger partial charge in [-0.1, -0.05) is 24.3 Å². The summed E-state index contributed by atoms with van der Waals surface area (Å²) in [6, 6.07) is 11.7. The molecule has 0 unspecified atom stereocenters. The number of likely N-dealkylation sites (tertiary alicyclic amines) is 1. The van der Waals surface area contributed by atoms with Gasteiger partial charge in [0.1, 0.15) is 6.10 Å². The number of aliphatic hydroxyl groups is 1. The maximum atomic E-state index is 12.9. The molecule has 2 N–H and O–H groups in total. The molecule has 1 amide bonds. The predicted molar refractivity (Wildman–Crippen MR) is 142 cm³/mol. The van der Waals surface area contributed by atoms with Gasteiger partial charge in [-0.25, -0.2) is 0 Å². The lowest BCUT2D eigenvalue weighted by atomic mass is 9.49. The van der Waals surface area contributed by atoms with E-state index in [-0.39, 0.29) is 23.8 Å². The fourth-order valence-electron chi connectivity index (χ4n) is 7.88. The minimum atomic E-state index is -0.945. The van der Waals surface area contributed by atoms with E-state index in [1.165, 1.54) is 18.4 Å². The molecule has 2 aromatic rings. The van der Waals surface area contributed by atoms with Crippen LogP contribution in [0, 0.1) is 5.92 Å². The van der Waals surface area contributed by atoms with Gasteiger partial charge in [-0.05, 0) is 93.3 Å². The lowest BCUT2D eigenvalue weighted by Crippen LogP contribution is -2.74. The van der Waals surface area contributed by atoms with Crippen molar-refractivity contribution in [2.75, 3.05) is 26.2 Å². The van der Waals surface area contributed by atoms with Crippen molar-refractivity contribution in [1.82, 2.24) is 9.80 Å². The number of amides is 1. The van der Waals surface area contributed by atoms with Crippen molar-refractivity contribution in [3.63, 3.8) is 0 Å². The summed E-state index contributed by atoms with van der Waals surface area (Å²) < 4.78 is 6.65. The maximum absolute atomic E-state index is 12.9. The summed E-state index contributed by atoms with van der Waals surface area (Å²) in [5.74, 6) is 1.51. The average molecular weight is 501 g/mol. The molecule has 6 nitrogen and oxygen atoms in total. The lowest BCUT2D eigenvalue weighted by Gasteiger charge is -2.62. The van der Waals surface area contributed by atoms with Gasteiger partial charge in [-0.15, -0.1) is 0 Å². The monoisotopic (exact) mass is 500 g/mol. The topological polar surface area (TPSA) is 73.2 Å². The van der Waals surface area contributed by atoms with Gasteiger partial charge < -0.3 is 19.8 Å². The van der Waals surface area contributed by atoms with E-state index in [1.807, 2.05) is 49.1 Å². The second kappa shape index (κ2) is 8.08. The molecule has 4 atom stereocenters. The zero-order chi connectivity index (χ0) is 25.5. The summed E-state index contributed by atoms with van der Waals surface area (Å²) in [6.07, 6.45) is 6.53. The number of phenols is 1. The number of carbonyl (C=O) groups is 1. The summed E-state index contributed by atoms with van der Waals surface area (Å²) in [5, 5.41) is 23.4. The SMILES string of the molecule is CCN(CC)C(=O)c1ccc(C2=CC[C@@]3(O)[C@H]4Cc5ccc(O)c6c5[C@@]3(CCN4CC3CC3)[C@H]2O6)cc1. The third-order valence-electron chi connectivity index (χ3n) is 9.94. The molecule has 6 heteroatoms. The minimum Gasteiger partial charge on any atom is -0.504 e. The van der Waals surface area contributed by atoms with Crippen LogP contribution in [0.5, 0.6) is 11.5 Å². The van der Waals surface area contributed by atoms with Crippen LogP contribution in [0.25, 0.3) is 5.57 Å². The maximum Gasteiger partial charge on any atom is 0.253 e. The van der Waals surface area contributed by atoms with E-state index >= 15 is 0 Å². The van der Waals surface area contributed by atoms with Crippen LogP contribution in [-0.4, -0.2) is 69.8 Å². The number of benzene rings is 2. The fourth-order valence-corrected chi connectivity index (χ4v) is 7.88. The van der Waals surface area contributed by atoms with E-state index < -0.39 is 11.0 Å². The first-order valence-corrected chi connectivity index (χ1v) is 14.0. The predicted octanol–water partition coefficient (Wildman–Crippen LogP) is 4.13.